The molecule has 1 N–H and O–H groups in total. The van der Waals surface area contributed by atoms with Gasteiger partial charge < -0.3 is 14.5 Å². The minimum absolute atomic E-state index is 0.178. The third-order valence-corrected chi connectivity index (χ3v) is 7.61. The van der Waals surface area contributed by atoms with Crippen molar-refractivity contribution in [2.75, 3.05) is 14.1 Å². The van der Waals surface area contributed by atoms with Crippen LogP contribution in [0.1, 0.15) is 5.76 Å². The maximum absolute atomic E-state index is 13.0. The number of fused-ring (bicyclic) bond motifs is 1. The zero-order valence-corrected chi connectivity index (χ0v) is 19.8. The standard InChI is InChI=1S/C20H14F3N3O5S3/c1-26(2)34(28,29)16-4-3-10(6-14(16)31-20(21,22)23)13-9-24-8-11-5-12(30-17(11)13)7-15-18(27)25-19(32)33-15/h3-9H,1-2H3,(H,25,27,32)/b15-7+. The number of carbonyl (C=O) groups excluding carboxylic acids is 1. The van der Waals surface area contributed by atoms with E-state index in [0.29, 0.717) is 25.9 Å². The van der Waals surface area contributed by atoms with E-state index in [1.807, 2.05) is 0 Å². The van der Waals surface area contributed by atoms with E-state index in [1.54, 1.807) is 6.07 Å². The minimum Gasteiger partial charge on any atom is -0.456 e. The Hall–Kier alpha value is -2.94. The summed E-state index contributed by atoms with van der Waals surface area (Å²) < 4.78 is 75.1. The molecule has 1 fully saturated rings. The van der Waals surface area contributed by atoms with Crippen LogP contribution in [0.15, 0.2) is 50.9 Å². The average molecular weight is 530 g/mol. The Bertz CT molecular complexity index is 1460. The number of thiocarbonyl (C=S) groups is 1. The molecule has 1 saturated heterocycles. The van der Waals surface area contributed by atoms with E-state index in [4.69, 9.17) is 16.6 Å². The number of ether oxygens (including phenoxy) is 1. The first-order chi connectivity index (χ1) is 15.8. The van der Waals surface area contributed by atoms with Gasteiger partial charge in [0.1, 0.15) is 26.3 Å². The monoisotopic (exact) mass is 529 g/mol. The predicted octanol–water partition coefficient (Wildman–Crippen LogP) is 4.13. The lowest BCUT2D eigenvalue weighted by molar-refractivity contribution is -0.275. The number of pyridine rings is 1. The molecule has 1 amide bonds. The number of amides is 1. The number of carbonyl (C=O) groups is 1. The molecule has 14 heteroatoms. The van der Waals surface area contributed by atoms with Gasteiger partial charge in [-0.05, 0) is 23.8 Å². The van der Waals surface area contributed by atoms with Crippen LogP contribution >= 0.6 is 24.0 Å². The van der Waals surface area contributed by atoms with Crippen molar-refractivity contribution < 1.29 is 35.5 Å². The third kappa shape index (κ3) is 4.80. The number of alkyl halides is 3. The molecule has 4 rings (SSSR count). The average Bonchev–Trinajstić information content (AvgIpc) is 3.27. The topological polar surface area (TPSA) is 102 Å². The zero-order valence-electron chi connectivity index (χ0n) is 17.3. The number of hydrogen-bond acceptors (Lipinski definition) is 8. The summed E-state index contributed by atoms with van der Waals surface area (Å²) in [5.41, 5.74) is 0.744. The number of halogens is 3. The summed E-state index contributed by atoms with van der Waals surface area (Å²) in [7, 11) is -1.84. The summed E-state index contributed by atoms with van der Waals surface area (Å²) in [5, 5.41) is 3.00. The van der Waals surface area contributed by atoms with Gasteiger partial charge in [0.25, 0.3) is 5.91 Å². The molecule has 3 aromatic rings. The van der Waals surface area contributed by atoms with Crippen LogP contribution in [0.4, 0.5) is 13.2 Å². The molecule has 0 atom stereocenters. The van der Waals surface area contributed by atoms with E-state index >= 15 is 0 Å². The van der Waals surface area contributed by atoms with Gasteiger partial charge in [-0.15, -0.1) is 13.2 Å². The summed E-state index contributed by atoms with van der Waals surface area (Å²) in [4.78, 5) is 15.7. The van der Waals surface area contributed by atoms with Crippen molar-refractivity contribution in [3.05, 3.63) is 47.3 Å². The Balaban J connectivity index is 1.83. The second-order valence-corrected chi connectivity index (χ2v) is 10.9. The number of nitrogens with zero attached hydrogens (tertiary/aromatic N) is 2. The van der Waals surface area contributed by atoms with Gasteiger partial charge in [-0.3, -0.25) is 9.78 Å². The number of aromatic nitrogens is 1. The van der Waals surface area contributed by atoms with Crippen molar-refractivity contribution in [2.45, 2.75) is 11.3 Å². The summed E-state index contributed by atoms with van der Waals surface area (Å²) >= 11 is 6.02. The van der Waals surface area contributed by atoms with E-state index < -0.39 is 27.0 Å². The fourth-order valence-corrected chi connectivity index (χ4v) is 5.11. The molecular weight excluding hydrogens is 515 g/mol. The third-order valence-electron chi connectivity index (χ3n) is 4.60. The number of nitrogens with one attached hydrogen (secondary N) is 1. The summed E-state index contributed by atoms with van der Waals surface area (Å²) in [5.74, 6) is -0.970. The Morgan fingerprint density at radius 3 is 2.59 bits per heavy atom. The molecule has 1 aromatic carbocycles. The number of rotatable bonds is 5. The molecule has 0 saturated carbocycles. The largest absolute Gasteiger partial charge is 0.573 e. The molecule has 34 heavy (non-hydrogen) atoms. The highest BCUT2D eigenvalue weighted by Gasteiger charge is 2.35. The molecule has 0 radical (unpaired) electrons. The second-order valence-electron chi connectivity index (χ2n) is 7.10. The lowest BCUT2D eigenvalue weighted by Gasteiger charge is -2.17. The Kier molecular flexibility index (Phi) is 6.18. The number of hydrogen-bond donors (Lipinski definition) is 1. The molecule has 178 valence electrons. The van der Waals surface area contributed by atoms with Gasteiger partial charge in [-0.2, -0.15) is 0 Å². The van der Waals surface area contributed by atoms with Crippen molar-refractivity contribution in [3.63, 3.8) is 0 Å². The molecule has 3 heterocycles. The molecule has 1 aliphatic rings. The smallest absolute Gasteiger partial charge is 0.456 e. The van der Waals surface area contributed by atoms with Gasteiger partial charge in [0, 0.05) is 43.5 Å². The summed E-state index contributed by atoms with van der Waals surface area (Å²) in [6.45, 7) is 0. The van der Waals surface area contributed by atoms with E-state index in [1.165, 1.54) is 38.6 Å². The first-order valence-electron chi connectivity index (χ1n) is 9.30. The molecule has 1 aliphatic heterocycles. The Morgan fingerprint density at radius 1 is 1.24 bits per heavy atom. The van der Waals surface area contributed by atoms with E-state index in [-0.39, 0.29) is 17.1 Å². The fourth-order valence-electron chi connectivity index (χ4n) is 3.10. The summed E-state index contributed by atoms with van der Waals surface area (Å²) in [6, 6.07) is 4.91. The minimum atomic E-state index is -5.12. The van der Waals surface area contributed by atoms with Gasteiger partial charge in [-0.25, -0.2) is 12.7 Å². The lowest BCUT2D eigenvalue weighted by atomic mass is 10.1. The number of thioether (sulfide) groups is 1. The van der Waals surface area contributed by atoms with Crippen molar-refractivity contribution in [1.29, 1.82) is 0 Å². The van der Waals surface area contributed by atoms with Crippen LogP contribution in [0, 0.1) is 0 Å². The van der Waals surface area contributed by atoms with Crippen molar-refractivity contribution >= 4 is 61.3 Å². The van der Waals surface area contributed by atoms with E-state index in [2.05, 4.69) is 15.0 Å². The first-order valence-corrected chi connectivity index (χ1v) is 12.0. The highest BCUT2D eigenvalue weighted by atomic mass is 32.2. The number of sulfonamides is 1. The van der Waals surface area contributed by atoms with Crippen LogP contribution in [-0.4, -0.2) is 48.4 Å². The predicted molar refractivity (Wildman–Crippen MR) is 123 cm³/mol. The molecule has 0 bridgehead atoms. The van der Waals surface area contributed by atoms with Crippen LogP contribution in [0.25, 0.3) is 28.2 Å². The zero-order chi connectivity index (χ0) is 24.8. The molecule has 2 aromatic heterocycles. The SMILES string of the molecule is CN(C)S(=O)(=O)c1ccc(-c2cncc3cc(/C=C4/SC(=S)NC4=O)oc23)cc1OC(F)(F)F. The van der Waals surface area contributed by atoms with Crippen LogP contribution in [-0.2, 0) is 14.8 Å². The van der Waals surface area contributed by atoms with Gasteiger partial charge in [0.15, 0.2) is 0 Å². The van der Waals surface area contributed by atoms with E-state index in [0.717, 1.165) is 28.2 Å². The number of benzene rings is 1. The van der Waals surface area contributed by atoms with Crippen LogP contribution in [0.3, 0.4) is 0 Å². The highest BCUT2D eigenvalue weighted by Crippen LogP contribution is 2.38. The second kappa shape index (κ2) is 8.69. The Labute approximate surface area is 200 Å². The van der Waals surface area contributed by atoms with Crippen LogP contribution in [0.2, 0.25) is 0 Å². The van der Waals surface area contributed by atoms with E-state index in [9.17, 15) is 26.4 Å². The van der Waals surface area contributed by atoms with Crippen LogP contribution in [0.5, 0.6) is 5.75 Å². The normalized spacial score (nSPS) is 16.0. The first kappa shape index (κ1) is 24.2. The van der Waals surface area contributed by atoms with Gasteiger partial charge in [0.05, 0.1) is 4.91 Å². The molecule has 0 spiro atoms. The maximum Gasteiger partial charge on any atom is 0.573 e. The Morgan fingerprint density at radius 2 is 1.97 bits per heavy atom. The lowest BCUT2D eigenvalue weighted by Crippen LogP contribution is -2.25. The van der Waals surface area contributed by atoms with Gasteiger partial charge in [-0.1, -0.05) is 30.0 Å². The quantitative estimate of drug-likeness (QED) is 0.389. The van der Waals surface area contributed by atoms with Gasteiger partial charge >= 0.3 is 6.36 Å². The van der Waals surface area contributed by atoms with Gasteiger partial charge in [0.2, 0.25) is 10.0 Å². The molecule has 8 nitrogen and oxygen atoms in total. The van der Waals surface area contributed by atoms with Crippen LogP contribution < -0.4 is 10.1 Å². The van der Waals surface area contributed by atoms with Crippen molar-refractivity contribution in [1.82, 2.24) is 14.6 Å². The highest BCUT2D eigenvalue weighted by molar-refractivity contribution is 8.26. The maximum atomic E-state index is 13.0. The summed E-state index contributed by atoms with van der Waals surface area (Å²) in [6.07, 6.45) is -0.797. The molecule has 0 unspecified atom stereocenters. The molecular formula is C20H14F3N3O5S3. The fraction of sp³-hybridized carbons (Fsp3) is 0.150. The number of furan rings is 1. The van der Waals surface area contributed by atoms with Crippen molar-refractivity contribution in [3.8, 4) is 16.9 Å². The molecule has 0 aliphatic carbocycles. The van der Waals surface area contributed by atoms with Crippen molar-refractivity contribution in [2.24, 2.45) is 0 Å².